The molecular weight excluding hydrogens is 421 g/mol. The van der Waals surface area contributed by atoms with Gasteiger partial charge in [0.15, 0.2) is 0 Å². The van der Waals surface area contributed by atoms with Gasteiger partial charge in [-0.1, -0.05) is 0 Å². The van der Waals surface area contributed by atoms with E-state index in [4.69, 9.17) is 9.47 Å². The first kappa shape index (κ1) is 24.3. The van der Waals surface area contributed by atoms with E-state index in [1.807, 2.05) is 56.3 Å². The average molecular weight is 458 g/mol. The van der Waals surface area contributed by atoms with E-state index in [1.165, 1.54) is 0 Å². The number of methoxy groups -OCH3 is 1. The van der Waals surface area contributed by atoms with E-state index in [2.05, 4.69) is 19.2 Å². The van der Waals surface area contributed by atoms with Crippen LogP contribution in [0.4, 0.5) is 5.69 Å². The summed E-state index contributed by atoms with van der Waals surface area (Å²) in [5.41, 5.74) is 3.79. The molecule has 1 N–H and O–H groups in total. The molecule has 2 aromatic rings. The van der Waals surface area contributed by atoms with Crippen LogP contribution in [0.5, 0.6) is 5.75 Å². The van der Waals surface area contributed by atoms with Crippen LogP contribution in [-0.4, -0.2) is 42.6 Å². The molecule has 5 nitrogen and oxygen atoms in total. The van der Waals surface area contributed by atoms with Crippen LogP contribution in [-0.2, 0) is 20.9 Å². The first-order valence-electron chi connectivity index (χ1n) is 11.5. The minimum atomic E-state index is -2.24. The molecule has 1 aliphatic rings. The second kappa shape index (κ2) is 10.0. The van der Waals surface area contributed by atoms with Gasteiger partial charge in [-0.3, -0.25) is 0 Å². The van der Waals surface area contributed by atoms with E-state index in [1.54, 1.807) is 7.11 Å². The maximum absolute atomic E-state index is 13.6. The van der Waals surface area contributed by atoms with Gasteiger partial charge in [0.2, 0.25) is 0 Å². The molecule has 1 fully saturated rings. The molecule has 3 rings (SSSR count). The van der Waals surface area contributed by atoms with Crippen molar-refractivity contribution in [3.63, 3.8) is 0 Å². The van der Waals surface area contributed by atoms with Crippen LogP contribution in [0.15, 0.2) is 42.5 Å². The van der Waals surface area contributed by atoms with Crippen molar-refractivity contribution in [2.75, 3.05) is 30.9 Å². The minimum absolute atomic E-state index is 0.0695. The van der Waals surface area contributed by atoms with Crippen molar-refractivity contribution in [2.45, 2.75) is 52.3 Å². The van der Waals surface area contributed by atoms with Crippen molar-refractivity contribution in [3.8, 4) is 5.75 Å². The third kappa shape index (κ3) is 4.83. The van der Waals surface area contributed by atoms with E-state index >= 15 is 0 Å². The maximum atomic E-state index is 13.6. The Bertz CT molecular complexity index is 942. The topological polar surface area (TPSA) is 64.6 Å². The predicted octanol–water partition coefficient (Wildman–Crippen LogP) is 5.32. The first-order chi connectivity index (χ1) is 15.3. The molecule has 0 spiro atoms. The van der Waals surface area contributed by atoms with Crippen molar-refractivity contribution in [1.82, 2.24) is 0 Å². The molecule has 174 valence electrons. The molecule has 2 aromatic carbocycles. The van der Waals surface area contributed by atoms with Crippen LogP contribution in [0.2, 0.25) is 0 Å². The SMILES string of the molecule is CC[PH](CC)(CC(=O)OCc1ccccc1)C1(C(=O)Nc2c(C)cc(OC)cc2C)CC1. The van der Waals surface area contributed by atoms with Crippen molar-refractivity contribution >= 4 is 24.8 Å². The van der Waals surface area contributed by atoms with Gasteiger partial charge < -0.3 is 0 Å². The second-order valence-electron chi connectivity index (χ2n) is 8.98. The molecule has 1 saturated carbocycles. The van der Waals surface area contributed by atoms with Crippen LogP contribution in [0.25, 0.3) is 0 Å². The number of amides is 1. The molecule has 1 amide bonds. The fourth-order valence-electron chi connectivity index (χ4n) is 5.01. The summed E-state index contributed by atoms with van der Waals surface area (Å²) in [6.45, 7) is 8.52. The molecule has 0 saturated heterocycles. The number of esters is 1. The van der Waals surface area contributed by atoms with Crippen LogP contribution < -0.4 is 10.1 Å². The number of aryl methyl sites for hydroxylation is 2. The Labute approximate surface area is 192 Å². The second-order valence-corrected chi connectivity index (χ2v) is 14.3. The van der Waals surface area contributed by atoms with Crippen molar-refractivity contribution in [3.05, 3.63) is 59.2 Å². The monoisotopic (exact) mass is 457 g/mol. The molecule has 0 unspecified atom stereocenters. The van der Waals surface area contributed by atoms with Crippen LogP contribution in [0, 0.1) is 13.8 Å². The van der Waals surface area contributed by atoms with Gasteiger partial charge in [-0.2, -0.15) is 0 Å². The van der Waals surface area contributed by atoms with Gasteiger partial charge in [-0.15, -0.1) is 0 Å². The zero-order valence-corrected chi connectivity index (χ0v) is 20.9. The summed E-state index contributed by atoms with van der Waals surface area (Å²) in [6.07, 6.45) is 3.87. The summed E-state index contributed by atoms with van der Waals surface area (Å²) in [4.78, 5) is 26.5. The molecule has 0 bridgehead atoms. The van der Waals surface area contributed by atoms with E-state index in [9.17, 15) is 9.59 Å². The van der Waals surface area contributed by atoms with Crippen LogP contribution >= 0.6 is 7.26 Å². The number of carbonyl (C=O) groups excluding carboxylic acids is 2. The van der Waals surface area contributed by atoms with Gasteiger partial charge in [0.1, 0.15) is 0 Å². The summed E-state index contributed by atoms with van der Waals surface area (Å²) in [5, 5.41) is 2.82. The van der Waals surface area contributed by atoms with E-state index in [-0.39, 0.29) is 18.5 Å². The fourth-order valence-corrected chi connectivity index (χ4v) is 10.1. The van der Waals surface area contributed by atoms with Crippen molar-refractivity contribution in [1.29, 1.82) is 0 Å². The Morgan fingerprint density at radius 2 is 1.62 bits per heavy atom. The summed E-state index contributed by atoms with van der Waals surface area (Å²) >= 11 is 0. The van der Waals surface area contributed by atoms with Gasteiger partial charge in [-0.05, 0) is 0 Å². The summed E-state index contributed by atoms with van der Waals surface area (Å²) in [5.74, 6) is 0.673. The third-order valence-electron chi connectivity index (χ3n) is 7.26. The number of hydrogen-bond acceptors (Lipinski definition) is 4. The number of benzene rings is 2. The van der Waals surface area contributed by atoms with Crippen molar-refractivity contribution in [2.24, 2.45) is 0 Å². The zero-order valence-electron chi connectivity index (χ0n) is 19.9. The van der Waals surface area contributed by atoms with Gasteiger partial charge in [-0.25, -0.2) is 0 Å². The third-order valence-corrected chi connectivity index (χ3v) is 13.7. The van der Waals surface area contributed by atoms with E-state index < -0.39 is 12.4 Å². The Morgan fingerprint density at radius 3 is 2.12 bits per heavy atom. The molecule has 0 heterocycles. The van der Waals surface area contributed by atoms with E-state index in [0.717, 1.165) is 53.3 Å². The fraction of sp³-hybridized carbons (Fsp3) is 0.462. The molecule has 32 heavy (non-hydrogen) atoms. The number of ether oxygens (including phenoxy) is 2. The molecule has 0 radical (unpaired) electrons. The molecule has 1 aliphatic carbocycles. The van der Waals surface area contributed by atoms with Gasteiger partial charge in [0.05, 0.1) is 0 Å². The Morgan fingerprint density at radius 1 is 1.03 bits per heavy atom. The number of hydrogen-bond donors (Lipinski definition) is 1. The number of anilines is 1. The summed E-state index contributed by atoms with van der Waals surface area (Å²) in [6, 6.07) is 13.6. The molecular formula is C26H36NO4P. The molecule has 0 atom stereocenters. The first-order valence-corrected chi connectivity index (χ1v) is 14.1. The summed E-state index contributed by atoms with van der Waals surface area (Å²) < 4.78 is 11.0. The zero-order chi connectivity index (χ0) is 23.4. The Balaban J connectivity index is 1.76. The molecule has 0 aliphatic heterocycles. The summed E-state index contributed by atoms with van der Waals surface area (Å²) in [7, 11) is -0.598. The van der Waals surface area contributed by atoms with Gasteiger partial charge in [0, 0.05) is 0 Å². The van der Waals surface area contributed by atoms with Crippen LogP contribution in [0.1, 0.15) is 43.4 Å². The Kier molecular flexibility index (Phi) is 7.61. The van der Waals surface area contributed by atoms with E-state index in [0.29, 0.717) is 6.16 Å². The number of rotatable bonds is 10. The quantitative estimate of drug-likeness (QED) is 0.388. The van der Waals surface area contributed by atoms with Gasteiger partial charge in [0.25, 0.3) is 0 Å². The average Bonchev–Trinajstić information content (AvgIpc) is 3.61. The predicted molar refractivity (Wildman–Crippen MR) is 134 cm³/mol. The Hall–Kier alpha value is -2.39. The standard InChI is InChI=1S/C26H36NO4P/c1-6-32(7-2,18-23(28)31-17-21-11-9-8-10-12-21)26(13-14-26)25(29)27-24-19(3)15-22(30-5)16-20(24)4/h8-12,15-16,32H,6-7,13-14,17-18H2,1-5H3,(H,27,29). The molecule has 6 heteroatoms. The number of nitrogens with one attached hydrogen (secondary N) is 1. The van der Waals surface area contributed by atoms with Gasteiger partial charge >= 0.3 is 192 Å². The molecule has 0 aromatic heterocycles. The normalized spacial score (nSPS) is 15.0. The van der Waals surface area contributed by atoms with Crippen LogP contribution in [0.3, 0.4) is 0 Å². The van der Waals surface area contributed by atoms with Crippen molar-refractivity contribution < 1.29 is 19.1 Å². The number of carbonyl (C=O) groups is 2.